The van der Waals surface area contributed by atoms with E-state index in [-0.39, 0.29) is 0 Å². The van der Waals surface area contributed by atoms with E-state index in [0.29, 0.717) is 11.8 Å². The molecule has 1 heteroatoms. The molecule has 1 heterocycles. The molecule has 0 saturated heterocycles. The third kappa shape index (κ3) is 4.33. The summed E-state index contributed by atoms with van der Waals surface area (Å²) in [4.78, 5) is 4.76. The Hall–Kier alpha value is -6.57. The minimum absolute atomic E-state index is 0.324. The Labute approximate surface area is 303 Å². The lowest BCUT2D eigenvalue weighted by Crippen LogP contribution is -2.14. The van der Waals surface area contributed by atoms with Crippen LogP contribution >= 0.6 is 0 Å². The van der Waals surface area contributed by atoms with Gasteiger partial charge < -0.3 is 0 Å². The van der Waals surface area contributed by atoms with Gasteiger partial charge in [0.15, 0.2) is 0 Å². The Balaban J connectivity index is 1.16. The minimum Gasteiger partial charge on any atom is -0.256 e. The van der Waals surface area contributed by atoms with Gasteiger partial charge in [0.1, 0.15) is 0 Å². The molecule has 3 aliphatic carbocycles. The van der Waals surface area contributed by atoms with Crippen LogP contribution in [0.2, 0.25) is 0 Å². The second-order valence-corrected chi connectivity index (χ2v) is 14.2. The average Bonchev–Trinajstić information content (AvgIpc) is 3.55. The van der Waals surface area contributed by atoms with Crippen LogP contribution in [0.5, 0.6) is 0 Å². The molecule has 0 N–H and O–H groups in total. The van der Waals surface area contributed by atoms with Crippen molar-refractivity contribution in [2.75, 3.05) is 0 Å². The molecule has 0 saturated carbocycles. The molecule has 3 aliphatic rings. The van der Waals surface area contributed by atoms with E-state index in [9.17, 15) is 0 Å². The zero-order valence-electron chi connectivity index (χ0n) is 28.5. The molecule has 242 valence electrons. The molecule has 1 aromatic heterocycles. The van der Waals surface area contributed by atoms with E-state index < -0.39 is 0 Å². The minimum atomic E-state index is 0.324. The van der Waals surface area contributed by atoms with Gasteiger partial charge in [0, 0.05) is 23.6 Å². The van der Waals surface area contributed by atoms with Crippen molar-refractivity contribution < 1.29 is 0 Å². The quantitative estimate of drug-likeness (QED) is 0.171. The van der Waals surface area contributed by atoms with Gasteiger partial charge in [-0.25, -0.2) is 0 Å². The summed E-state index contributed by atoms with van der Waals surface area (Å²) in [6.45, 7) is 0. The van der Waals surface area contributed by atoms with E-state index in [0.717, 1.165) is 11.3 Å². The average molecular weight is 660 g/mol. The van der Waals surface area contributed by atoms with Gasteiger partial charge in [-0.15, -0.1) is 0 Å². The molecular weight excluding hydrogens is 627 g/mol. The number of allylic oxidation sites excluding steroid dienone is 8. The fraction of sp³-hybridized carbons (Fsp3) is 0.0392. The topological polar surface area (TPSA) is 12.9 Å². The second kappa shape index (κ2) is 11.5. The highest BCUT2D eigenvalue weighted by atomic mass is 14.7. The summed E-state index contributed by atoms with van der Waals surface area (Å²) >= 11 is 0. The van der Waals surface area contributed by atoms with Crippen LogP contribution in [0.1, 0.15) is 22.6 Å². The van der Waals surface area contributed by atoms with Crippen molar-refractivity contribution >= 4 is 43.5 Å². The fourth-order valence-corrected chi connectivity index (χ4v) is 9.27. The molecule has 0 fully saturated rings. The van der Waals surface area contributed by atoms with Gasteiger partial charge in [0.25, 0.3) is 0 Å². The Bertz CT molecular complexity index is 2880. The maximum Gasteiger partial charge on any atom is 0.0702 e. The predicted molar refractivity (Wildman–Crippen MR) is 219 cm³/mol. The summed E-state index contributed by atoms with van der Waals surface area (Å²) in [6.07, 6.45) is 13.7. The van der Waals surface area contributed by atoms with Crippen molar-refractivity contribution in [3.8, 4) is 33.5 Å². The highest BCUT2D eigenvalue weighted by molar-refractivity contribution is 6.20. The number of nitrogens with zero attached hydrogens (tertiary/aromatic N) is 1. The lowest BCUT2D eigenvalue weighted by atomic mass is 9.73. The molecule has 8 aromatic rings. The molecule has 2 atom stereocenters. The molecule has 0 spiro atoms. The van der Waals surface area contributed by atoms with E-state index >= 15 is 0 Å². The maximum absolute atomic E-state index is 4.76. The predicted octanol–water partition coefficient (Wildman–Crippen LogP) is 13.2. The largest absolute Gasteiger partial charge is 0.256 e. The van der Waals surface area contributed by atoms with Gasteiger partial charge in [-0.05, 0) is 106 Å². The van der Waals surface area contributed by atoms with Gasteiger partial charge in [0.2, 0.25) is 0 Å². The molecular formula is C51H33N. The van der Waals surface area contributed by atoms with Gasteiger partial charge in [-0.2, -0.15) is 0 Å². The molecule has 52 heavy (non-hydrogen) atoms. The molecule has 0 bridgehead atoms. The Morgan fingerprint density at radius 2 is 1.17 bits per heavy atom. The van der Waals surface area contributed by atoms with Crippen molar-refractivity contribution in [1.29, 1.82) is 0 Å². The number of pyridine rings is 1. The van der Waals surface area contributed by atoms with Crippen LogP contribution in [0.25, 0.3) is 77.0 Å². The number of aromatic nitrogens is 1. The first-order valence-corrected chi connectivity index (χ1v) is 18.2. The zero-order valence-corrected chi connectivity index (χ0v) is 28.5. The molecule has 0 amide bonds. The Morgan fingerprint density at radius 3 is 2.04 bits per heavy atom. The van der Waals surface area contributed by atoms with Crippen molar-refractivity contribution in [1.82, 2.24) is 4.98 Å². The number of hydrogen-bond acceptors (Lipinski definition) is 1. The van der Waals surface area contributed by atoms with Gasteiger partial charge >= 0.3 is 0 Å². The third-order valence-corrected chi connectivity index (χ3v) is 11.5. The van der Waals surface area contributed by atoms with E-state index in [1.165, 1.54) is 88.0 Å². The number of benzene rings is 7. The molecule has 1 nitrogen and oxygen atoms in total. The maximum atomic E-state index is 4.76. The SMILES string of the molecule is C1=CC2=C(c3c4ccccc4c(-c4ccc(-c5cccc6ccccc56)cc4)c4cc(-c5ccccn5)ccc34)C=CC3c4ccccc4C(=C1)C23. The number of rotatable bonds is 4. The molecule has 7 aromatic carbocycles. The van der Waals surface area contributed by atoms with E-state index in [1.54, 1.807) is 0 Å². The lowest BCUT2D eigenvalue weighted by Gasteiger charge is -2.30. The molecule has 2 unspecified atom stereocenters. The monoisotopic (exact) mass is 659 g/mol. The van der Waals surface area contributed by atoms with E-state index in [2.05, 4.69) is 176 Å². The number of fused-ring (bicyclic) bond motifs is 6. The molecule has 0 aliphatic heterocycles. The van der Waals surface area contributed by atoms with Crippen LogP contribution in [0, 0.1) is 5.92 Å². The summed E-state index contributed by atoms with van der Waals surface area (Å²) in [6, 6.07) is 55.6. The first-order valence-electron chi connectivity index (χ1n) is 18.2. The van der Waals surface area contributed by atoms with Gasteiger partial charge in [0.05, 0.1) is 5.69 Å². The summed E-state index contributed by atoms with van der Waals surface area (Å²) in [5.74, 6) is 0.684. The Kier molecular flexibility index (Phi) is 6.45. The lowest BCUT2D eigenvalue weighted by molar-refractivity contribution is 0.725. The highest BCUT2D eigenvalue weighted by Crippen LogP contribution is 2.56. The molecule has 0 radical (unpaired) electrons. The van der Waals surface area contributed by atoms with E-state index in [4.69, 9.17) is 4.98 Å². The summed E-state index contributed by atoms with van der Waals surface area (Å²) in [5.41, 5.74) is 15.3. The fourth-order valence-electron chi connectivity index (χ4n) is 9.27. The smallest absolute Gasteiger partial charge is 0.0702 e. The molecule has 11 rings (SSSR count). The van der Waals surface area contributed by atoms with Gasteiger partial charge in [-0.1, -0.05) is 164 Å². The summed E-state index contributed by atoms with van der Waals surface area (Å²) in [5, 5.41) is 7.57. The van der Waals surface area contributed by atoms with Crippen LogP contribution in [-0.4, -0.2) is 4.98 Å². The van der Waals surface area contributed by atoms with Crippen LogP contribution < -0.4 is 0 Å². The van der Waals surface area contributed by atoms with Crippen LogP contribution in [0.3, 0.4) is 0 Å². The highest BCUT2D eigenvalue weighted by Gasteiger charge is 2.40. The van der Waals surface area contributed by atoms with E-state index in [1.807, 2.05) is 12.3 Å². The van der Waals surface area contributed by atoms with Crippen LogP contribution in [0.4, 0.5) is 0 Å². The first-order chi connectivity index (χ1) is 25.8. The summed E-state index contributed by atoms with van der Waals surface area (Å²) in [7, 11) is 0. The zero-order chi connectivity index (χ0) is 34.2. The van der Waals surface area contributed by atoms with Crippen LogP contribution in [-0.2, 0) is 0 Å². The second-order valence-electron chi connectivity index (χ2n) is 14.2. The third-order valence-electron chi connectivity index (χ3n) is 11.5. The van der Waals surface area contributed by atoms with Gasteiger partial charge in [-0.3, -0.25) is 4.98 Å². The number of hydrogen-bond donors (Lipinski definition) is 0. The van der Waals surface area contributed by atoms with Crippen molar-refractivity contribution in [3.63, 3.8) is 0 Å². The van der Waals surface area contributed by atoms with Crippen molar-refractivity contribution in [2.24, 2.45) is 5.92 Å². The summed E-state index contributed by atoms with van der Waals surface area (Å²) < 4.78 is 0. The van der Waals surface area contributed by atoms with Crippen molar-refractivity contribution in [2.45, 2.75) is 5.92 Å². The standard InChI is InChI=1S/C51H33N/c1-2-13-36-32(11-1)12-9-18-37(36)33-22-24-34(25-23-33)49-41-16-5-6-17-42(41)51(46-27-26-35(31-47(46)49)48-21-7-8-30-52-48)45-29-28-44-39-15-4-3-14-38(39)40-19-10-20-43(45)50(40)44/h1-31,44,50H. The Morgan fingerprint density at radius 1 is 0.481 bits per heavy atom. The first kappa shape index (κ1) is 29.2. The van der Waals surface area contributed by atoms with Crippen molar-refractivity contribution in [3.05, 3.63) is 210 Å². The normalized spacial score (nSPS) is 17.1. The van der Waals surface area contributed by atoms with Crippen LogP contribution in [0.15, 0.2) is 194 Å².